The van der Waals surface area contributed by atoms with Crippen molar-refractivity contribution in [2.45, 2.75) is 50.9 Å². The fourth-order valence-electron chi connectivity index (χ4n) is 6.27. The van der Waals surface area contributed by atoms with Crippen LogP contribution in [0.2, 0.25) is 0 Å². The van der Waals surface area contributed by atoms with E-state index in [1.54, 1.807) is 0 Å². The monoisotopic (exact) mass is 376 g/mol. The SMILES string of the molecule is Cc1ccc(C23C[C@H]4C[C@@H](CC(C(=O)NCCS(N)(=O)=O)(C4)C2)C3)cc1. The number of aryl methyl sites for hydroxylation is 1. The molecule has 26 heavy (non-hydrogen) atoms. The van der Waals surface area contributed by atoms with Crippen LogP contribution >= 0.6 is 0 Å². The number of carbonyl (C=O) groups is 1. The molecule has 0 radical (unpaired) electrons. The smallest absolute Gasteiger partial charge is 0.226 e. The summed E-state index contributed by atoms with van der Waals surface area (Å²) in [5, 5.41) is 7.93. The minimum atomic E-state index is -3.55. The quantitative estimate of drug-likeness (QED) is 0.826. The van der Waals surface area contributed by atoms with E-state index in [9.17, 15) is 13.2 Å². The van der Waals surface area contributed by atoms with Crippen molar-refractivity contribution in [3.05, 3.63) is 35.4 Å². The first-order valence-corrected chi connectivity index (χ1v) is 11.3. The maximum atomic E-state index is 13.1. The Balaban J connectivity index is 1.58. The average Bonchev–Trinajstić information content (AvgIpc) is 2.52. The van der Waals surface area contributed by atoms with Crippen LogP contribution in [0.4, 0.5) is 0 Å². The van der Waals surface area contributed by atoms with E-state index in [1.807, 2.05) is 0 Å². The number of rotatable bonds is 5. The highest BCUT2D eigenvalue weighted by molar-refractivity contribution is 7.89. The second-order valence-electron chi connectivity index (χ2n) is 9.01. The van der Waals surface area contributed by atoms with E-state index in [2.05, 4.69) is 36.5 Å². The van der Waals surface area contributed by atoms with Crippen LogP contribution in [-0.2, 0) is 20.2 Å². The summed E-state index contributed by atoms with van der Waals surface area (Å²) >= 11 is 0. The lowest BCUT2D eigenvalue weighted by molar-refractivity contribution is -0.149. The van der Waals surface area contributed by atoms with Crippen LogP contribution < -0.4 is 10.5 Å². The third kappa shape index (κ3) is 3.18. The van der Waals surface area contributed by atoms with Gasteiger partial charge in [0, 0.05) is 6.54 Å². The van der Waals surface area contributed by atoms with Crippen molar-refractivity contribution in [1.82, 2.24) is 5.32 Å². The Bertz CT molecular complexity index is 802. The summed E-state index contributed by atoms with van der Waals surface area (Å²) < 4.78 is 22.3. The van der Waals surface area contributed by atoms with Crippen molar-refractivity contribution in [2.24, 2.45) is 22.4 Å². The highest BCUT2D eigenvalue weighted by atomic mass is 32.2. The average molecular weight is 377 g/mol. The zero-order valence-electron chi connectivity index (χ0n) is 15.3. The molecule has 1 aromatic rings. The van der Waals surface area contributed by atoms with Crippen molar-refractivity contribution in [1.29, 1.82) is 0 Å². The van der Waals surface area contributed by atoms with Gasteiger partial charge in [-0.25, -0.2) is 13.6 Å². The molecule has 142 valence electrons. The molecule has 6 heteroatoms. The molecule has 5 rings (SSSR count). The van der Waals surface area contributed by atoms with Crippen LogP contribution in [0.25, 0.3) is 0 Å². The van der Waals surface area contributed by atoms with Gasteiger partial charge in [-0.3, -0.25) is 4.79 Å². The third-order valence-electron chi connectivity index (χ3n) is 6.88. The molecule has 0 heterocycles. The summed E-state index contributed by atoms with van der Waals surface area (Å²) in [5.41, 5.74) is 2.40. The predicted octanol–water partition coefficient (Wildman–Crippen LogP) is 2.24. The molecule has 4 aliphatic carbocycles. The van der Waals surface area contributed by atoms with Crippen LogP contribution in [-0.4, -0.2) is 26.6 Å². The van der Waals surface area contributed by atoms with Gasteiger partial charge in [-0.2, -0.15) is 0 Å². The Morgan fingerprint density at radius 1 is 1.15 bits per heavy atom. The molecule has 0 saturated heterocycles. The molecule has 2 atom stereocenters. The molecular formula is C20H28N2O3S. The maximum Gasteiger partial charge on any atom is 0.226 e. The van der Waals surface area contributed by atoms with Crippen molar-refractivity contribution in [3.8, 4) is 0 Å². The number of nitrogens with two attached hydrogens (primary N) is 1. The standard InChI is InChI=1S/C20H28N2O3S/c1-14-2-4-17(5-3-14)19-9-15-8-16(10-19)12-20(11-15,13-19)18(23)22-6-7-26(21,24)25/h2-5,15-16H,6-13H2,1H3,(H,22,23)(H2,21,24,25)/t15-,16-,19?,20?/m1/s1. The summed E-state index contributed by atoms with van der Waals surface area (Å²) in [7, 11) is -3.55. The Morgan fingerprint density at radius 3 is 2.35 bits per heavy atom. The Kier molecular flexibility index (Phi) is 4.19. The van der Waals surface area contributed by atoms with Crippen molar-refractivity contribution >= 4 is 15.9 Å². The van der Waals surface area contributed by atoms with Crippen molar-refractivity contribution in [3.63, 3.8) is 0 Å². The van der Waals surface area contributed by atoms with Crippen LogP contribution in [0.1, 0.15) is 49.7 Å². The molecular weight excluding hydrogens is 348 g/mol. The predicted molar refractivity (Wildman–Crippen MR) is 101 cm³/mol. The van der Waals surface area contributed by atoms with E-state index < -0.39 is 10.0 Å². The number of hydrogen-bond donors (Lipinski definition) is 2. The minimum absolute atomic E-state index is 0.0340. The highest BCUT2D eigenvalue weighted by Crippen LogP contribution is 2.65. The lowest BCUT2D eigenvalue weighted by Crippen LogP contribution is -2.59. The summed E-state index contributed by atoms with van der Waals surface area (Å²) in [6, 6.07) is 8.84. The zero-order chi connectivity index (χ0) is 18.6. The molecule has 4 bridgehead atoms. The van der Waals surface area contributed by atoms with Gasteiger partial charge in [-0.15, -0.1) is 0 Å². The maximum absolute atomic E-state index is 13.1. The van der Waals surface area contributed by atoms with Gasteiger partial charge in [0.05, 0.1) is 11.2 Å². The first-order chi connectivity index (χ1) is 12.2. The lowest BCUT2D eigenvalue weighted by Gasteiger charge is -2.61. The molecule has 0 unspecified atom stereocenters. The topological polar surface area (TPSA) is 89.3 Å². The van der Waals surface area contributed by atoms with E-state index in [-0.39, 0.29) is 29.0 Å². The van der Waals surface area contributed by atoms with E-state index in [0.717, 1.165) is 19.3 Å². The highest BCUT2D eigenvalue weighted by Gasteiger charge is 2.60. The number of sulfonamides is 1. The van der Waals surface area contributed by atoms with E-state index >= 15 is 0 Å². The second-order valence-corrected chi connectivity index (χ2v) is 10.7. The number of amides is 1. The molecule has 0 aromatic heterocycles. The van der Waals surface area contributed by atoms with Gasteiger partial charge in [0.25, 0.3) is 0 Å². The van der Waals surface area contributed by atoms with E-state index in [1.165, 1.54) is 30.4 Å². The molecule has 1 amide bonds. The van der Waals surface area contributed by atoms with Gasteiger partial charge in [0.2, 0.25) is 15.9 Å². The van der Waals surface area contributed by atoms with Crippen molar-refractivity contribution < 1.29 is 13.2 Å². The molecule has 5 nitrogen and oxygen atoms in total. The summed E-state index contributed by atoms with van der Waals surface area (Å²) in [6.07, 6.45) is 6.37. The van der Waals surface area contributed by atoms with Crippen LogP contribution in [0.15, 0.2) is 24.3 Å². The van der Waals surface area contributed by atoms with Gasteiger partial charge in [0.15, 0.2) is 0 Å². The van der Waals surface area contributed by atoms with Gasteiger partial charge >= 0.3 is 0 Å². The third-order valence-corrected chi connectivity index (χ3v) is 7.65. The Hall–Kier alpha value is -1.40. The largest absolute Gasteiger partial charge is 0.355 e. The first kappa shape index (κ1) is 18.0. The molecule has 0 aliphatic heterocycles. The Morgan fingerprint density at radius 2 is 1.77 bits per heavy atom. The minimum Gasteiger partial charge on any atom is -0.355 e. The molecule has 4 aliphatic rings. The van der Waals surface area contributed by atoms with Crippen LogP contribution in [0.3, 0.4) is 0 Å². The first-order valence-electron chi connectivity index (χ1n) is 9.56. The number of primary sulfonamides is 1. The van der Waals surface area contributed by atoms with Gasteiger partial charge in [-0.1, -0.05) is 29.8 Å². The number of carbonyl (C=O) groups excluding carboxylic acids is 1. The summed E-state index contributed by atoms with van der Waals surface area (Å²) in [4.78, 5) is 13.1. The van der Waals surface area contributed by atoms with Crippen molar-refractivity contribution in [2.75, 3.05) is 12.3 Å². The Labute approximate surface area is 155 Å². The lowest BCUT2D eigenvalue weighted by atomic mass is 9.42. The molecule has 4 fully saturated rings. The van der Waals surface area contributed by atoms with E-state index in [4.69, 9.17) is 5.14 Å². The number of nitrogens with one attached hydrogen (secondary N) is 1. The fraction of sp³-hybridized carbons (Fsp3) is 0.650. The molecule has 0 spiro atoms. The fourth-order valence-corrected chi connectivity index (χ4v) is 6.65. The van der Waals surface area contributed by atoms with Gasteiger partial charge < -0.3 is 5.32 Å². The van der Waals surface area contributed by atoms with Crippen LogP contribution in [0, 0.1) is 24.2 Å². The van der Waals surface area contributed by atoms with Gasteiger partial charge in [-0.05, 0) is 68.3 Å². The second kappa shape index (κ2) is 6.06. The molecule has 3 N–H and O–H groups in total. The van der Waals surface area contributed by atoms with E-state index in [0.29, 0.717) is 11.8 Å². The zero-order valence-corrected chi connectivity index (χ0v) is 16.1. The van der Waals surface area contributed by atoms with Crippen LogP contribution in [0.5, 0.6) is 0 Å². The number of hydrogen-bond acceptors (Lipinski definition) is 3. The van der Waals surface area contributed by atoms with Gasteiger partial charge in [0.1, 0.15) is 0 Å². The summed E-state index contributed by atoms with van der Waals surface area (Å²) in [5.74, 6) is 1.03. The normalized spacial score (nSPS) is 35.5. The summed E-state index contributed by atoms with van der Waals surface area (Å²) in [6.45, 7) is 2.20. The molecule has 4 saturated carbocycles. The molecule has 1 aromatic carbocycles. The number of benzene rings is 1.